The van der Waals surface area contributed by atoms with Crippen LogP contribution in [-0.2, 0) is 11.2 Å². The number of hydrogen-bond donors (Lipinski definition) is 1. The van der Waals surface area contributed by atoms with Crippen LogP contribution in [0.5, 0.6) is 5.75 Å². The molecule has 2 aromatic rings. The molecule has 0 spiro atoms. The van der Waals surface area contributed by atoms with E-state index in [2.05, 4.69) is 0 Å². The highest BCUT2D eigenvalue weighted by Crippen LogP contribution is 2.31. The van der Waals surface area contributed by atoms with E-state index in [9.17, 15) is 4.79 Å². The molecule has 0 aliphatic heterocycles. The molecule has 1 aromatic heterocycles. The lowest BCUT2D eigenvalue weighted by Gasteiger charge is -2.05. The zero-order valence-electron chi connectivity index (χ0n) is 10.5. The van der Waals surface area contributed by atoms with Gasteiger partial charge in [-0.25, -0.2) is 0 Å². The smallest absolute Gasteiger partial charge is 0.303 e. The molecule has 4 heteroatoms. The quantitative estimate of drug-likeness (QED) is 0.882. The van der Waals surface area contributed by atoms with Gasteiger partial charge < -0.3 is 14.3 Å². The lowest BCUT2D eigenvalue weighted by molar-refractivity contribution is -0.137. The predicted octanol–water partition coefficient (Wildman–Crippen LogP) is 3.16. The maximum atomic E-state index is 10.5. The molecule has 0 aliphatic carbocycles. The summed E-state index contributed by atoms with van der Waals surface area (Å²) in [6.07, 6.45) is 1.54. The lowest BCUT2D eigenvalue weighted by atomic mass is 10.0. The first-order chi connectivity index (χ1) is 8.61. The van der Waals surface area contributed by atoms with Crippen molar-refractivity contribution in [1.29, 1.82) is 0 Å². The summed E-state index contributed by atoms with van der Waals surface area (Å²) >= 11 is 0. The lowest BCUT2D eigenvalue weighted by Crippen LogP contribution is -1.96. The van der Waals surface area contributed by atoms with Crippen LogP contribution < -0.4 is 4.74 Å². The molecule has 18 heavy (non-hydrogen) atoms. The van der Waals surface area contributed by atoms with Crippen LogP contribution in [0.1, 0.15) is 24.2 Å². The third-order valence-corrected chi connectivity index (χ3v) is 2.92. The first-order valence-electron chi connectivity index (χ1n) is 5.89. The molecule has 0 radical (unpaired) electrons. The molecule has 0 bridgehead atoms. The number of furan rings is 1. The van der Waals surface area contributed by atoms with Crippen LogP contribution in [0, 0.1) is 6.92 Å². The third-order valence-electron chi connectivity index (χ3n) is 2.92. The van der Waals surface area contributed by atoms with Crippen molar-refractivity contribution < 1.29 is 19.1 Å². The highest BCUT2D eigenvalue weighted by molar-refractivity contribution is 5.87. The Labute approximate surface area is 105 Å². The molecule has 2 rings (SSSR count). The van der Waals surface area contributed by atoms with E-state index in [1.54, 1.807) is 7.11 Å². The number of ether oxygens (including phenoxy) is 1. The zero-order chi connectivity index (χ0) is 13.1. The van der Waals surface area contributed by atoms with E-state index in [1.165, 1.54) is 0 Å². The molecule has 1 aromatic carbocycles. The van der Waals surface area contributed by atoms with Gasteiger partial charge in [0.15, 0.2) is 11.3 Å². The van der Waals surface area contributed by atoms with Crippen molar-refractivity contribution >= 4 is 16.9 Å². The molecule has 0 fully saturated rings. The fourth-order valence-corrected chi connectivity index (χ4v) is 2.09. The molecular formula is C14H16O4. The zero-order valence-corrected chi connectivity index (χ0v) is 10.5. The van der Waals surface area contributed by atoms with E-state index >= 15 is 0 Å². The number of aryl methyl sites for hydroxylation is 2. The number of carbonyl (C=O) groups is 1. The Morgan fingerprint density at radius 1 is 1.44 bits per heavy atom. The standard InChI is InChI=1S/C14H16O4/c1-9-8-11-10(4-3-5-13(15)16)6-7-12(17-2)14(11)18-9/h6-8H,3-5H2,1-2H3,(H,15,16). The molecule has 0 amide bonds. The van der Waals surface area contributed by atoms with Crippen molar-refractivity contribution in [3.63, 3.8) is 0 Å². The number of carboxylic acids is 1. The van der Waals surface area contributed by atoms with Gasteiger partial charge in [0.05, 0.1) is 7.11 Å². The van der Waals surface area contributed by atoms with Gasteiger partial charge in [-0.05, 0) is 37.5 Å². The van der Waals surface area contributed by atoms with E-state index in [-0.39, 0.29) is 6.42 Å². The van der Waals surface area contributed by atoms with Gasteiger partial charge in [-0.1, -0.05) is 6.07 Å². The summed E-state index contributed by atoms with van der Waals surface area (Å²) in [5.74, 6) is 0.775. The van der Waals surface area contributed by atoms with Crippen LogP contribution in [0.25, 0.3) is 11.0 Å². The first-order valence-corrected chi connectivity index (χ1v) is 5.89. The Hall–Kier alpha value is -1.97. The van der Waals surface area contributed by atoms with Crippen molar-refractivity contribution in [1.82, 2.24) is 0 Å². The fraction of sp³-hybridized carbons (Fsp3) is 0.357. The van der Waals surface area contributed by atoms with E-state index in [0.29, 0.717) is 12.2 Å². The number of fused-ring (bicyclic) bond motifs is 1. The summed E-state index contributed by atoms with van der Waals surface area (Å²) < 4.78 is 10.9. The summed E-state index contributed by atoms with van der Waals surface area (Å²) in [6, 6.07) is 5.80. The Kier molecular flexibility index (Phi) is 3.55. The second-order valence-corrected chi connectivity index (χ2v) is 4.27. The number of aliphatic carboxylic acids is 1. The fourth-order valence-electron chi connectivity index (χ4n) is 2.09. The molecule has 1 N–H and O–H groups in total. The average Bonchev–Trinajstić information content (AvgIpc) is 2.70. The largest absolute Gasteiger partial charge is 0.493 e. The topological polar surface area (TPSA) is 59.7 Å². The highest BCUT2D eigenvalue weighted by atomic mass is 16.5. The summed E-state index contributed by atoms with van der Waals surface area (Å²) in [5, 5.41) is 9.66. The Morgan fingerprint density at radius 2 is 2.22 bits per heavy atom. The van der Waals surface area contributed by atoms with Crippen LogP contribution >= 0.6 is 0 Å². The van der Waals surface area contributed by atoms with Crippen molar-refractivity contribution in [2.75, 3.05) is 7.11 Å². The number of methoxy groups -OCH3 is 1. The summed E-state index contributed by atoms with van der Waals surface area (Å²) in [5.41, 5.74) is 1.84. The van der Waals surface area contributed by atoms with Crippen LogP contribution in [0.4, 0.5) is 0 Å². The van der Waals surface area contributed by atoms with Crippen molar-refractivity contribution in [2.45, 2.75) is 26.2 Å². The SMILES string of the molecule is COc1ccc(CCCC(=O)O)c2cc(C)oc12. The monoisotopic (exact) mass is 248 g/mol. The van der Waals surface area contributed by atoms with Gasteiger partial charge in [0.1, 0.15) is 5.76 Å². The van der Waals surface area contributed by atoms with Gasteiger partial charge >= 0.3 is 5.97 Å². The molecule has 0 unspecified atom stereocenters. The highest BCUT2D eigenvalue weighted by Gasteiger charge is 2.11. The number of hydrogen-bond acceptors (Lipinski definition) is 3. The molecule has 0 saturated heterocycles. The van der Waals surface area contributed by atoms with Crippen LogP contribution in [-0.4, -0.2) is 18.2 Å². The van der Waals surface area contributed by atoms with Crippen molar-refractivity contribution in [3.8, 4) is 5.75 Å². The van der Waals surface area contributed by atoms with Gasteiger partial charge in [-0.15, -0.1) is 0 Å². The number of benzene rings is 1. The van der Waals surface area contributed by atoms with E-state index in [4.69, 9.17) is 14.3 Å². The van der Waals surface area contributed by atoms with Crippen LogP contribution in [0.15, 0.2) is 22.6 Å². The van der Waals surface area contributed by atoms with Crippen molar-refractivity contribution in [2.24, 2.45) is 0 Å². The molecule has 0 aliphatic rings. The van der Waals surface area contributed by atoms with Gasteiger partial charge in [-0.3, -0.25) is 4.79 Å². The van der Waals surface area contributed by atoms with Crippen molar-refractivity contribution in [3.05, 3.63) is 29.5 Å². The second-order valence-electron chi connectivity index (χ2n) is 4.27. The maximum Gasteiger partial charge on any atom is 0.303 e. The predicted molar refractivity (Wildman–Crippen MR) is 68.1 cm³/mol. The average molecular weight is 248 g/mol. The molecule has 0 atom stereocenters. The molecule has 4 nitrogen and oxygen atoms in total. The third kappa shape index (κ3) is 2.47. The summed E-state index contributed by atoms with van der Waals surface area (Å²) in [6.45, 7) is 1.89. The maximum absolute atomic E-state index is 10.5. The molecule has 96 valence electrons. The first kappa shape index (κ1) is 12.5. The van der Waals surface area contributed by atoms with Gasteiger partial charge in [-0.2, -0.15) is 0 Å². The Balaban J connectivity index is 2.31. The second kappa shape index (κ2) is 5.12. The number of carboxylic acid groups (broad SMARTS) is 1. The molecular weight excluding hydrogens is 232 g/mol. The van der Waals surface area contributed by atoms with Crippen LogP contribution in [0.2, 0.25) is 0 Å². The summed E-state index contributed by atoms with van der Waals surface area (Å²) in [7, 11) is 1.61. The molecule has 0 saturated carbocycles. The van der Waals surface area contributed by atoms with Gasteiger partial charge in [0.2, 0.25) is 0 Å². The van der Waals surface area contributed by atoms with Gasteiger partial charge in [0, 0.05) is 11.8 Å². The van der Waals surface area contributed by atoms with Crippen LogP contribution in [0.3, 0.4) is 0 Å². The normalized spacial score (nSPS) is 10.8. The van der Waals surface area contributed by atoms with Gasteiger partial charge in [0.25, 0.3) is 0 Å². The summed E-state index contributed by atoms with van der Waals surface area (Å²) in [4.78, 5) is 10.5. The molecule has 1 heterocycles. The van der Waals surface area contributed by atoms with E-state index < -0.39 is 5.97 Å². The minimum Gasteiger partial charge on any atom is -0.493 e. The minimum absolute atomic E-state index is 0.185. The Morgan fingerprint density at radius 3 is 2.89 bits per heavy atom. The van der Waals surface area contributed by atoms with E-state index in [0.717, 1.165) is 28.7 Å². The van der Waals surface area contributed by atoms with E-state index in [1.807, 2.05) is 25.1 Å². The number of rotatable bonds is 5. The Bertz CT molecular complexity index is 568. The minimum atomic E-state index is -0.761.